The first-order valence-electron chi connectivity index (χ1n) is 12.3. The Morgan fingerprint density at radius 3 is 2.04 bits per heavy atom. The third-order valence-corrected chi connectivity index (χ3v) is 8.68. The fourth-order valence-electron chi connectivity index (χ4n) is 6.73. The van der Waals surface area contributed by atoms with E-state index in [0.717, 1.165) is 11.8 Å². The molecule has 0 atom stereocenters. The van der Waals surface area contributed by atoms with Crippen molar-refractivity contribution < 1.29 is 0 Å². The standard InChI is InChI=1S/C28H40/c1-3-5-23-7-9-25(10-8-23)15-16-27-17-20-28(21-18-27,22-19-27)26-13-11-24(6-4-2)12-14-26/h7-10,24,26H,3-6,11-14,17-22H2,1-2H3. The fourth-order valence-corrected chi connectivity index (χ4v) is 6.73. The van der Waals surface area contributed by atoms with E-state index >= 15 is 0 Å². The van der Waals surface area contributed by atoms with Gasteiger partial charge in [-0.25, -0.2) is 0 Å². The molecule has 152 valence electrons. The van der Waals surface area contributed by atoms with Crippen molar-refractivity contribution in [2.24, 2.45) is 22.7 Å². The van der Waals surface area contributed by atoms with Gasteiger partial charge in [0.15, 0.2) is 0 Å². The van der Waals surface area contributed by atoms with Crippen LogP contribution in [-0.4, -0.2) is 0 Å². The van der Waals surface area contributed by atoms with Crippen molar-refractivity contribution in [3.63, 3.8) is 0 Å². The molecule has 0 aromatic heterocycles. The molecule has 0 N–H and O–H groups in total. The summed E-state index contributed by atoms with van der Waals surface area (Å²) in [5.41, 5.74) is 3.69. The summed E-state index contributed by atoms with van der Waals surface area (Å²) in [6.07, 6.45) is 19.8. The second-order valence-corrected chi connectivity index (χ2v) is 10.3. The number of hydrogen-bond acceptors (Lipinski definition) is 0. The molecular formula is C28H40. The van der Waals surface area contributed by atoms with E-state index in [1.807, 2.05) is 0 Å². The van der Waals surface area contributed by atoms with Crippen LogP contribution in [0.3, 0.4) is 0 Å². The van der Waals surface area contributed by atoms with Crippen LogP contribution in [-0.2, 0) is 6.42 Å². The normalized spacial score (nSPS) is 34.6. The highest BCUT2D eigenvalue weighted by Gasteiger charge is 2.51. The Morgan fingerprint density at radius 2 is 1.46 bits per heavy atom. The Labute approximate surface area is 173 Å². The van der Waals surface area contributed by atoms with E-state index in [1.165, 1.54) is 101 Å². The number of hydrogen-bond donors (Lipinski definition) is 0. The molecule has 4 saturated carbocycles. The molecule has 0 aliphatic heterocycles. The number of fused-ring (bicyclic) bond motifs is 3. The predicted molar refractivity (Wildman–Crippen MR) is 120 cm³/mol. The summed E-state index contributed by atoms with van der Waals surface area (Å²) in [4.78, 5) is 0. The minimum atomic E-state index is 0.337. The van der Waals surface area contributed by atoms with Crippen molar-refractivity contribution in [2.45, 2.75) is 104 Å². The first kappa shape index (κ1) is 20.1. The molecule has 4 fully saturated rings. The number of rotatable bonds is 5. The van der Waals surface area contributed by atoms with Crippen LogP contribution < -0.4 is 0 Å². The molecule has 1 aromatic rings. The second-order valence-electron chi connectivity index (χ2n) is 10.3. The summed E-state index contributed by atoms with van der Waals surface area (Å²) in [6.45, 7) is 4.60. The first-order chi connectivity index (χ1) is 13.7. The van der Waals surface area contributed by atoms with Crippen molar-refractivity contribution in [2.75, 3.05) is 0 Å². The van der Waals surface area contributed by atoms with E-state index in [0.29, 0.717) is 10.8 Å². The summed E-state index contributed by atoms with van der Waals surface area (Å²) in [6, 6.07) is 9.01. The first-order valence-corrected chi connectivity index (χ1v) is 12.3. The van der Waals surface area contributed by atoms with Crippen LogP contribution in [0.4, 0.5) is 0 Å². The maximum atomic E-state index is 3.78. The van der Waals surface area contributed by atoms with Gasteiger partial charge < -0.3 is 0 Å². The van der Waals surface area contributed by atoms with Gasteiger partial charge in [-0.05, 0) is 92.7 Å². The van der Waals surface area contributed by atoms with Gasteiger partial charge in [-0.1, -0.05) is 69.9 Å². The lowest BCUT2D eigenvalue weighted by atomic mass is 9.48. The molecule has 0 heteroatoms. The Bertz CT molecular complexity index is 665. The third kappa shape index (κ3) is 4.20. The summed E-state index contributed by atoms with van der Waals surface area (Å²) in [7, 11) is 0. The number of benzene rings is 1. The van der Waals surface area contributed by atoms with Crippen LogP contribution in [0.2, 0.25) is 0 Å². The zero-order valence-corrected chi connectivity index (χ0v) is 18.4. The molecule has 0 spiro atoms. The zero-order chi connectivity index (χ0) is 19.5. The number of aryl methyl sites for hydroxylation is 1. The van der Waals surface area contributed by atoms with Gasteiger partial charge in [0.25, 0.3) is 0 Å². The highest BCUT2D eigenvalue weighted by atomic mass is 14.6. The quantitative estimate of drug-likeness (QED) is 0.457. The minimum absolute atomic E-state index is 0.337. The van der Waals surface area contributed by atoms with Crippen LogP contribution in [0.5, 0.6) is 0 Å². The van der Waals surface area contributed by atoms with Gasteiger partial charge in [0, 0.05) is 11.0 Å². The molecule has 1 aromatic carbocycles. The summed E-state index contributed by atoms with van der Waals surface area (Å²) in [5.74, 6) is 9.41. The lowest BCUT2D eigenvalue weighted by molar-refractivity contribution is -0.0378. The lowest BCUT2D eigenvalue weighted by Gasteiger charge is -2.56. The van der Waals surface area contributed by atoms with Gasteiger partial charge in [-0.2, -0.15) is 0 Å². The second kappa shape index (κ2) is 8.65. The van der Waals surface area contributed by atoms with E-state index in [9.17, 15) is 0 Å². The van der Waals surface area contributed by atoms with Crippen molar-refractivity contribution >= 4 is 0 Å². The van der Waals surface area contributed by atoms with Crippen molar-refractivity contribution in [1.82, 2.24) is 0 Å². The highest BCUT2D eigenvalue weighted by molar-refractivity contribution is 5.38. The van der Waals surface area contributed by atoms with Gasteiger partial charge >= 0.3 is 0 Å². The van der Waals surface area contributed by atoms with E-state index in [1.54, 1.807) is 0 Å². The average Bonchev–Trinajstić information content (AvgIpc) is 2.76. The Balaban J connectivity index is 1.36. The molecule has 28 heavy (non-hydrogen) atoms. The van der Waals surface area contributed by atoms with Gasteiger partial charge in [-0.15, -0.1) is 0 Å². The predicted octanol–water partition coefficient (Wildman–Crippen LogP) is 7.94. The van der Waals surface area contributed by atoms with Crippen molar-refractivity contribution in [1.29, 1.82) is 0 Å². The maximum absolute atomic E-state index is 3.78. The van der Waals surface area contributed by atoms with Crippen LogP contribution in [0.25, 0.3) is 0 Å². The lowest BCUT2D eigenvalue weighted by Crippen LogP contribution is -2.45. The molecule has 4 aliphatic carbocycles. The molecule has 0 amide bonds. The minimum Gasteiger partial charge on any atom is -0.0911 e. The smallest absolute Gasteiger partial charge is 0.0319 e. The van der Waals surface area contributed by atoms with Gasteiger partial charge in [0.2, 0.25) is 0 Å². The molecular weight excluding hydrogens is 336 g/mol. The van der Waals surface area contributed by atoms with Crippen molar-refractivity contribution in [3.05, 3.63) is 35.4 Å². The van der Waals surface area contributed by atoms with Crippen LogP contribution >= 0.6 is 0 Å². The third-order valence-electron chi connectivity index (χ3n) is 8.68. The molecule has 0 unspecified atom stereocenters. The van der Waals surface area contributed by atoms with E-state index < -0.39 is 0 Å². The summed E-state index contributed by atoms with van der Waals surface area (Å²) in [5, 5.41) is 0. The van der Waals surface area contributed by atoms with Crippen LogP contribution in [0.1, 0.15) is 108 Å². The van der Waals surface area contributed by atoms with E-state index in [-0.39, 0.29) is 0 Å². The Hall–Kier alpha value is -1.22. The highest BCUT2D eigenvalue weighted by Crippen LogP contribution is 2.62. The van der Waals surface area contributed by atoms with Gasteiger partial charge in [-0.3, -0.25) is 0 Å². The zero-order valence-electron chi connectivity index (χ0n) is 18.4. The SMILES string of the molecule is CCCc1ccc(C#CC23CCC(C4CCC(CCC)CC4)(CC2)CC3)cc1. The molecule has 0 radical (unpaired) electrons. The molecule has 4 aliphatic rings. The topological polar surface area (TPSA) is 0 Å². The van der Waals surface area contributed by atoms with Crippen molar-refractivity contribution in [3.8, 4) is 11.8 Å². The molecule has 2 bridgehead atoms. The average molecular weight is 377 g/mol. The molecule has 0 heterocycles. The van der Waals surface area contributed by atoms with Gasteiger partial charge in [0.05, 0.1) is 0 Å². The Kier molecular flexibility index (Phi) is 6.20. The summed E-state index contributed by atoms with van der Waals surface area (Å²) >= 11 is 0. The van der Waals surface area contributed by atoms with Crippen LogP contribution in [0, 0.1) is 34.5 Å². The molecule has 5 rings (SSSR count). The monoisotopic (exact) mass is 376 g/mol. The van der Waals surface area contributed by atoms with Crippen LogP contribution in [0.15, 0.2) is 24.3 Å². The van der Waals surface area contributed by atoms with Gasteiger partial charge in [0.1, 0.15) is 0 Å². The van der Waals surface area contributed by atoms with E-state index in [4.69, 9.17) is 0 Å². The fraction of sp³-hybridized carbons (Fsp3) is 0.714. The molecule has 0 saturated heterocycles. The Morgan fingerprint density at radius 1 is 0.821 bits per heavy atom. The van der Waals surface area contributed by atoms with E-state index in [2.05, 4.69) is 50.0 Å². The largest absolute Gasteiger partial charge is 0.0911 e. The molecule has 0 nitrogen and oxygen atoms in total. The summed E-state index contributed by atoms with van der Waals surface area (Å²) < 4.78 is 0. The maximum Gasteiger partial charge on any atom is 0.0319 e.